The summed E-state index contributed by atoms with van der Waals surface area (Å²) in [6.45, 7) is 1.68. The van der Waals surface area contributed by atoms with E-state index in [9.17, 15) is 9.59 Å². The minimum absolute atomic E-state index is 0.135. The van der Waals surface area contributed by atoms with Crippen LogP contribution in [-0.2, 0) is 4.79 Å². The average Bonchev–Trinajstić information content (AvgIpc) is 2.49. The number of carbonyl (C=O) groups is 2. The topological polar surface area (TPSA) is 58.2 Å². The molecule has 0 aliphatic heterocycles. The number of hydrogen-bond donors (Lipinski definition) is 2. The SMILES string of the molecule is Cc1c(Cl)cccc1NC(=O)CNC(=O)c1ccc(Cl)cc1I. The highest BCUT2D eigenvalue weighted by Gasteiger charge is 2.12. The molecule has 23 heavy (non-hydrogen) atoms. The van der Waals surface area contributed by atoms with Crippen molar-refractivity contribution in [3.05, 3.63) is 61.1 Å². The molecular formula is C16H13Cl2IN2O2. The lowest BCUT2D eigenvalue weighted by Crippen LogP contribution is -2.33. The van der Waals surface area contributed by atoms with Crippen LogP contribution in [0, 0.1) is 10.5 Å². The van der Waals surface area contributed by atoms with Gasteiger partial charge < -0.3 is 10.6 Å². The van der Waals surface area contributed by atoms with Gasteiger partial charge in [0.1, 0.15) is 0 Å². The summed E-state index contributed by atoms with van der Waals surface area (Å²) in [5, 5.41) is 6.43. The number of halogens is 3. The second-order valence-corrected chi connectivity index (χ2v) is 6.77. The molecule has 2 aromatic rings. The third-order valence-electron chi connectivity index (χ3n) is 3.13. The summed E-state index contributed by atoms with van der Waals surface area (Å²) < 4.78 is 0.721. The van der Waals surface area contributed by atoms with Crippen LogP contribution in [0.3, 0.4) is 0 Å². The second kappa shape index (κ2) is 7.99. The third-order valence-corrected chi connectivity index (χ3v) is 4.66. The van der Waals surface area contributed by atoms with Gasteiger partial charge in [-0.2, -0.15) is 0 Å². The van der Waals surface area contributed by atoms with Gasteiger partial charge in [0.25, 0.3) is 5.91 Å². The number of nitrogens with one attached hydrogen (secondary N) is 2. The van der Waals surface area contributed by atoms with Crippen molar-refractivity contribution in [2.24, 2.45) is 0 Å². The summed E-state index contributed by atoms with van der Waals surface area (Å²) in [5.74, 6) is -0.656. The van der Waals surface area contributed by atoms with E-state index in [2.05, 4.69) is 10.6 Å². The lowest BCUT2D eigenvalue weighted by Gasteiger charge is -2.10. The fourth-order valence-corrected chi connectivity index (χ4v) is 3.16. The normalized spacial score (nSPS) is 10.3. The molecule has 2 aromatic carbocycles. The lowest BCUT2D eigenvalue weighted by atomic mass is 10.2. The number of anilines is 1. The van der Waals surface area contributed by atoms with Crippen LogP contribution < -0.4 is 10.6 Å². The van der Waals surface area contributed by atoms with E-state index in [1.165, 1.54) is 0 Å². The summed E-state index contributed by atoms with van der Waals surface area (Å²) in [6, 6.07) is 10.2. The first kappa shape index (κ1) is 18.0. The standard InChI is InChI=1S/C16H13Cl2IN2O2/c1-9-12(18)3-2-4-14(9)21-15(22)8-20-16(23)11-6-5-10(17)7-13(11)19/h2-7H,8H2,1H3,(H,20,23)(H,21,22). The minimum atomic E-state index is -0.330. The molecule has 2 rings (SSSR count). The predicted molar refractivity (Wildman–Crippen MR) is 101 cm³/mol. The predicted octanol–water partition coefficient (Wildman–Crippen LogP) is 4.27. The summed E-state index contributed by atoms with van der Waals surface area (Å²) in [4.78, 5) is 24.1. The summed E-state index contributed by atoms with van der Waals surface area (Å²) in [7, 11) is 0. The van der Waals surface area contributed by atoms with E-state index in [0.717, 1.165) is 9.13 Å². The number of rotatable bonds is 4. The van der Waals surface area contributed by atoms with E-state index in [1.807, 2.05) is 29.5 Å². The second-order valence-electron chi connectivity index (χ2n) is 4.77. The van der Waals surface area contributed by atoms with Gasteiger partial charge >= 0.3 is 0 Å². The largest absolute Gasteiger partial charge is 0.343 e. The number of amides is 2. The van der Waals surface area contributed by atoms with Gasteiger partial charge in [-0.05, 0) is 65.4 Å². The maximum Gasteiger partial charge on any atom is 0.252 e. The smallest absolute Gasteiger partial charge is 0.252 e. The van der Waals surface area contributed by atoms with Crippen molar-refractivity contribution in [2.45, 2.75) is 6.92 Å². The highest BCUT2D eigenvalue weighted by atomic mass is 127. The van der Waals surface area contributed by atoms with E-state index >= 15 is 0 Å². The average molecular weight is 463 g/mol. The molecule has 0 heterocycles. The quantitative estimate of drug-likeness (QED) is 0.666. The van der Waals surface area contributed by atoms with Gasteiger partial charge in [-0.25, -0.2) is 0 Å². The van der Waals surface area contributed by atoms with Gasteiger partial charge in [-0.1, -0.05) is 29.3 Å². The molecule has 4 nitrogen and oxygen atoms in total. The lowest BCUT2D eigenvalue weighted by molar-refractivity contribution is -0.115. The van der Waals surface area contributed by atoms with Crippen LogP contribution in [0.25, 0.3) is 0 Å². The number of hydrogen-bond acceptors (Lipinski definition) is 2. The summed E-state index contributed by atoms with van der Waals surface area (Å²) >= 11 is 13.9. The first-order chi connectivity index (χ1) is 10.9. The van der Waals surface area contributed by atoms with Gasteiger partial charge in [-0.3, -0.25) is 9.59 Å². The Morgan fingerprint density at radius 3 is 2.61 bits per heavy atom. The molecule has 0 saturated heterocycles. The zero-order valence-corrected chi connectivity index (χ0v) is 15.8. The Balaban J connectivity index is 1.96. The maximum atomic E-state index is 12.1. The van der Waals surface area contributed by atoms with Crippen LogP contribution in [0.2, 0.25) is 10.0 Å². The molecule has 0 radical (unpaired) electrons. The highest BCUT2D eigenvalue weighted by Crippen LogP contribution is 2.22. The van der Waals surface area contributed by atoms with Crippen LogP contribution in [0.4, 0.5) is 5.69 Å². The van der Waals surface area contributed by atoms with Crippen molar-refractivity contribution < 1.29 is 9.59 Å². The summed E-state index contributed by atoms with van der Waals surface area (Å²) in [6.07, 6.45) is 0. The monoisotopic (exact) mass is 462 g/mol. The molecule has 0 aliphatic rings. The van der Waals surface area contributed by atoms with Crippen LogP contribution in [-0.4, -0.2) is 18.4 Å². The third kappa shape index (κ3) is 4.83. The Bertz CT molecular complexity index is 766. The zero-order chi connectivity index (χ0) is 17.0. The molecule has 0 fully saturated rings. The number of carbonyl (C=O) groups excluding carboxylic acids is 2. The van der Waals surface area contributed by atoms with Gasteiger partial charge in [0.05, 0.1) is 12.1 Å². The zero-order valence-electron chi connectivity index (χ0n) is 12.1. The minimum Gasteiger partial charge on any atom is -0.343 e. The number of benzene rings is 2. The van der Waals surface area contributed by atoms with Crippen LogP contribution in [0.15, 0.2) is 36.4 Å². The Morgan fingerprint density at radius 2 is 1.91 bits per heavy atom. The Hall–Kier alpha value is -1.31. The van der Waals surface area contributed by atoms with Gasteiger partial charge in [0.2, 0.25) is 5.91 Å². The van der Waals surface area contributed by atoms with Crippen LogP contribution in [0.1, 0.15) is 15.9 Å². The van der Waals surface area contributed by atoms with E-state index < -0.39 is 0 Å². The summed E-state index contributed by atoms with van der Waals surface area (Å²) in [5.41, 5.74) is 1.88. The fourth-order valence-electron chi connectivity index (χ4n) is 1.87. The van der Waals surface area contributed by atoms with Crippen molar-refractivity contribution in [2.75, 3.05) is 11.9 Å². The van der Waals surface area contributed by atoms with Gasteiger partial charge in [0, 0.05) is 19.3 Å². The molecule has 0 aromatic heterocycles. The molecule has 0 spiro atoms. The molecule has 0 saturated carbocycles. The molecule has 0 atom stereocenters. The fraction of sp³-hybridized carbons (Fsp3) is 0.125. The van der Waals surface area contributed by atoms with E-state index in [0.29, 0.717) is 21.3 Å². The molecule has 0 aliphatic carbocycles. The molecule has 7 heteroatoms. The first-order valence-corrected chi connectivity index (χ1v) is 8.50. The highest BCUT2D eigenvalue weighted by molar-refractivity contribution is 14.1. The first-order valence-electron chi connectivity index (χ1n) is 6.66. The van der Waals surface area contributed by atoms with Crippen molar-refractivity contribution >= 4 is 63.3 Å². The van der Waals surface area contributed by atoms with E-state index in [4.69, 9.17) is 23.2 Å². The Labute approximate surface area is 157 Å². The van der Waals surface area contributed by atoms with Crippen LogP contribution in [0.5, 0.6) is 0 Å². The molecule has 0 bridgehead atoms. The Kier molecular flexibility index (Phi) is 6.26. The van der Waals surface area contributed by atoms with Crippen molar-refractivity contribution in [1.29, 1.82) is 0 Å². The van der Waals surface area contributed by atoms with Crippen LogP contribution >= 0.6 is 45.8 Å². The van der Waals surface area contributed by atoms with Crippen molar-refractivity contribution in [1.82, 2.24) is 5.32 Å². The molecule has 120 valence electrons. The van der Waals surface area contributed by atoms with E-state index in [1.54, 1.807) is 36.4 Å². The van der Waals surface area contributed by atoms with Gasteiger partial charge in [0.15, 0.2) is 0 Å². The van der Waals surface area contributed by atoms with E-state index in [-0.39, 0.29) is 18.4 Å². The molecule has 2 amide bonds. The maximum absolute atomic E-state index is 12.1. The molecular weight excluding hydrogens is 450 g/mol. The molecule has 2 N–H and O–H groups in total. The Morgan fingerprint density at radius 1 is 1.17 bits per heavy atom. The van der Waals surface area contributed by atoms with Crippen molar-refractivity contribution in [3.8, 4) is 0 Å². The molecule has 0 unspecified atom stereocenters. The van der Waals surface area contributed by atoms with Gasteiger partial charge in [-0.15, -0.1) is 0 Å². The van der Waals surface area contributed by atoms with Crippen molar-refractivity contribution in [3.63, 3.8) is 0 Å².